The minimum atomic E-state index is -4.59. The number of nitrogens with zero attached hydrogens (tertiary/aromatic N) is 1. The molecule has 0 radical (unpaired) electrons. The minimum absolute atomic E-state index is 0.0161. The number of alkyl halides is 3. The van der Waals surface area contributed by atoms with Crippen molar-refractivity contribution < 1.29 is 27.6 Å². The van der Waals surface area contributed by atoms with E-state index >= 15 is 0 Å². The second-order valence-corrected chi connectivity index (χ2v) is 7.41. The van der Waals surface area contributed by atoms with E-state index in [9.17, 15) is 27.6 Å². The Morgan fingerprint density at radius 2 is 1.74 bits per heavy atom. The number of hydrogen-bond donors (Lipinski definition) is 1. The van der Waals surface area contributed by atoms with Crippen molar-refractivity contribution in [1.29, 1.82) is 0 Å². The molecule has 27 heavy (non-hydrogen) atoms. The average molecular weight is 399 g/mol. The van der Waals surface area contributed by atoms with E-state index in [1.165, 1.54) is 0 Å². The Labute approximate surface area is 157 Å². The predicted molar refractivity (Wildman–Crippen MR) is 89.5 cm³/mol. The number of halogens is 4. The summed E-state index contributed by atoms with van der Waals surface area (Å²) in [5, 5.41) is 2.19. The van der Waals surface area contributed by atoms with Gasteiger partial charge in [0.1, 0.15) is 6.54 Å². The molecule has 0 spiro atoms. The van der Waals surface area contributed by atoms with Crippen LogP contribution in [0.3, 0.4) is 0 Å². The van der Waals surface area contributed by atoms with Crippen molar-refractivity contribution in [2.45, 2.75) is 12.6 Å². The van der Waals surface area contributed by atoms with Crippen LogP contribution in [0.5, 0.6) is 0 Å². The zero-order valence-corrected chi connectivity index (χ0v) is 14.6. The fourth-order valence-electron chi connectivity index (χ4n) is 4.25. The number of likely N-dealkylation sites (tertiary alicyclic amines) is 1. The van der Waals surface area contributed by atoms with E-state index in [-0.39, 0.29) is 22.5 Å². The quantitative estimate of drug-likeness (QED) is 0.628. The van der Waals surface area contributed by atoms with Gasteiger partial charge in [0.15, 0.2) is 0 Å². The number of carbonyl (C=O) groups excluding carboxylic acids is 3. The van der Waals surface area contributed by atoms with Crippen LogP contribution in [0.2, 0.25) is 5.02 Å². The van der Waals surface area contributed by atoms with Crippen molar-refractivity contribution in [3.63, 3.8) is 0 Å². The second-order valence-electron chi connectivity index (χ2n) is 7.00. The van der Waals surface area contributed by atoms with Gasteiger partial charge in [-0.05, 0) is 36.5 Å². The fourth-order valence-corrected chi connectivity index (χ4v) is 4.42. The Hall–Kier alpha value is -2.35. The van der Waals surface area contributed by atoms with Gasteiger partial charge in [0.25, 0.3) is 0 Å². The molecule has 2 bridgehead atoms. The lowest BCUT2D eigenvalue weighted by Gasteiger charge is -2.17. The number of fused-ring (bicyclic) bond motifs is 5. The van der Waals surface area contributed by atoms with Gasteiger partial charge in [0.2, 0.25) is 17.7 Å². The first-order valence-electron chi connectivity index (χ1n) is 8.37. The zero-order valence-electron chi connectivity index (χ0n) is 13.8. The molecule has 5 nitrogen and oxygen atoms in total. The van der Waals surface area contributed by atoms with Crippen molar-refractivity contribution in [2.75, 3.05) is 11.9 Å². The molecular formula is C18H14ClF3N2O3. The van der Waals surface area contributed by atoms with E-state index < -0.39 is 47.8 Å². The average Bonchev–Trinajstić information content (AvgIpc) is 3.26. The number of allylic oxidation sites excluding steroid dienone is 2. The fraction of sp³-hybridized carbons (Fsp3) is 0.389. The van der Waals surface area contributed by atoms with Crippen molar-refractivity contribution in [3.8, 4) is 0 Å². The zero-order chi connectivity index (χ0) is 19.5. The highest BCUT2D eigenvalue weighted by atomic mass is 35.5. The number of imide groups is 1. The summed E-state index contributed by atoms with van der Waals surface area (Å²) in [5.74, 6) is -2.41. The first-order chi connectivity index (χ1) is 12.7. The van der Waals surface area contributed by atoms with Gasteiger partial charge in [-0.15, -0.1) is 0 Å². The highest BCUT2D eigenvalue weighted by Crippen LogP contribution is 2.52. The summed E-state index contributed by atoms with van der Waals surface area (Å²) in [6.07, 6.45) is 0.0490. The number of hydrogen-bond acceptors (Lipinski definition) is 3. The predicted octanol–water partition coefficient (Wildman–Crippen LogP) is 3.10. The standard InChI is InChI=1S/C18H14ClF3N2O3/c19-11-4-3-10(18(20,21)22)6-12(11)23-13(25)7-24-16(26)14-8-1-2-9(5-8)15(14)17(24)27/h1-4,6,8-9,14-15H,5,7H2,(H,23,25)/t8-,9-,14-,15+/m0/s1. The van der Waals surface area contributed by atoms with Gasteiger partial charge < -0.3 is 5.32 Å². The minimum Gasteiger partial charge on any atom is -0.323 e. The summed E-state index contributed by atoms with van der Waals surface area (Å²) in [5.41, 5.74) is -1.19. The first-order valence-corrected chi connectivity index (χ1v) is 8.75. The smallest absolute Gasteiger partial charge is 0.323 e. The van der Waals surface area contributed by atoms with Crippen LogP contribution >= 0.6 is 11.6 Å². The maximum absolute atomic E-state index is 12.8. The Morgan fingerprint density at radius 1 is 1.15 bits per heavy atom. The van der Waals surface area contributed by atoms with Crippen LogP contribution in [0.25, 0.3) is 0 Å². The van der Waals surface area contributed by atoms with E-state index in [1.807, 2.05) is 12.2 Å². The highest BCUT2D eigenvalue weighted by Gasteiger charge is 2.59. The van der Waals surface area contributed by atoms with Crippen LogP contribution in [0.1, 0.15) is 12.0 Å². The maximum Gasteiger partial charge on any atom is 0.416 e. The molecule has 142 valence electrons. The van der Waals surface area contributed by atoms with Crippen molar-refractivity contribution in [3.05, 3.63) is 40.9 Å². The molecule has 1 N–H and O–H groups in total. The molecule has 4 atom stereocenters. The molecular weight excluding hydrogens is 385 g/mol. The molecule has 0 unspecified atom stereocenters. The summed E-state index contributed by atoms with van der Waals surface area (Å²) >= 11 is 5.85. The molecule has 1 aromatic rings. The number of anilines is 1. The molecule has 1 saturated heterocycles. The van der Waals surface area contributed by atoms with Gasteiger partial charge in [0, 0.05) is 0 Å². The topological polar surface area (TPSA) is 66.5 Å². The van der Waals surface area contributed by atoms with Crippen LogP contribution in [0, 0.1) is 23.7 Å². The molecule has 2 aliphatic carbocycles. The number of benzene rings is 1. The molecule has 3 amide bonds. The van der Waals surface area contributed by atoms with Gasteiger partial charge in [-0.25, -0.2) is 0 Å². The third-order valence-electron chi connectivity index (χ3n) is 5.43. The number of rotatable bonds is 3. The molecule has 2 fully saturated rings. The van der Waals surface area contributed by atoms with Crippen molar-refractivity contribution >= 4 is 35.0 Å². The molecule has 3 aliphatic rings. The van der Waals surface area contributed by atoms with E-state index in [0.29, 0.717) is 6.07 Å². The molecule has 9 heteroatoms. The lowest BCUT2D eigenvalue weighted by molar-refractivity contribution is -0.143. The first kappa shape index (κ1) is 18.0. The van der Waals surface area contributed by atoms with Crippen molar-refractivity contribution in [1.82, 2.24) is 4.90 Å². The second kappa shape index (κ2) is 6.09. The van der Waals surface area contributed by atoms with E-state index in [1.54, 1.807) is 0 Å². The number of amides is 3. The molecule has 4 rings (SSSR count). The lowest BCUT2D eigenvalue weighted by Crippen LogP contribution is -2.39. The summed E-state index contributed by atoms with van der Waals surface area (Å²) in [6.45, 7) is -0.545. The van der Waals surface area contributed by atoms with Gasteiger partial charge in [0.05, 0.1) is 28.1 Å². The molecule has 0 aromatic heterocycles. The highest BCUT2D eigenvalue weighted by molar-refractivity contribution is 6.33. The normalized spacial score (nSPS) is 28.8. The van der Waals surface area contributed by atoms with E-state index in [0.717, 1.165) is 23.5 Å². The monoisotopic (exact) mass is 398 g/mol. The Morgan fingerprint density at radius 3 is 2.30 bits per heavy atom. The lowest BCUT2D eigenvalue weighted by atomic mass is 9.85. The van der Waals surface area contributed by atoms with Gasteiger partial charge in [-0.2, -0.15) is 13.2 Å². The van der Waals surface area contributed by atoms with Crippen LogP contribution in [0.4, 0.5) is 18.9 Å². The van der Waals surface area contributed by atoms with Crippen LogP contribution in [0.15, 0.2) is 30.4 Å². The van der Waals surface area contributed by atoms with Gasteiger partial charge in [-0.1, -0.05) is 23.8 Å². The Kier molecular flexibility index (Phi) is 4.06. The maximum atomic E-state index is 12.8. The Bertz CT molecular complexity index is 853. The molecule has 1 heterocycles. The van der Waals surface area contributed by atoms with E-state index in [4.69, 9.17) is 11.6 Å². The van der Waals surface area contributed by atoms with Crippen LogP contribution in [-0.2, 0) is 20.6 Å². The summed E-state index contributed by atoms with van der Waals surface area (Å²) < 4.78 is 38.5. The number of carbonyl (C=O) groups is 3. The SMILES string of the molecule is O=C(CN1C(=O)[C@@H]2[C@H](C1=O)[C@H]1C=C[C@H]2C1)Nc1cc(C(F)(F)F)ccc1Cl. The molecule has 1 aliphatic heterocycles. The van der Waals surface area contributed by atoms with Crippen LogP contribution in [-0.4, -0.2) is 29.2 Å². The van der Waals surface area contributed by atoms with Gasteiger partial charge in [-0.3, -0.25) is 19.3 Å². The summed E-state index contributed by atoms with van der Waals surface area (Å²) in [7, 11) is 0. The molecule has 1 saturated carbocycles. The summed E-state index contributed by atoms with van der Waals surface area (Å²) in [4.78, 5) is 38.2. The van der Waals surface area contributed by atoms with Gasteiger partial charge >= 0.3 is 6.18 Å². The van der Waals surface area contributed by atoms with Crippen LogP contribution < -0.4 is 5.32 Å². The largest absolute Gasteiger partial charge is 0.416 e. The third kappa shape index (κ3) is 2.92. The molecule has 1 aromatic carbocycles. The Balaban J connectivity index is 1.48. The van der Waals surface area contributed by atoms with E-state index in [2.05, 4.69) is 5.32 Å². The number of nitrogens with one attached hydrogen (secondary N) is 1. The summed E-state index contributed by atoms with van der Waals surface area (Å²) in [6, 6.07) is 2.54. The van der Waals surface area contributed by atoms with Crippen molar-refractivity contribution in [2.24, 2.45) is 23.7 Å². The third-order valence-corrected chi connectivity index (χ3v) is 5.76.